The van der Waals surface area contributed by atoms with E-state index in [1.165, 1.54) is 17.5 Å². The zero-order valence-corrected chi connectivity index (χ0v) is 14.5. The molecule has 0 bridgehead atoms. The molecule has 0 radical (unpaired) electrons. The van der Waals surface area contributed by atoms with E-state index in [1.54, 1.807) is 0 Å². The van der Waals surface area contributed by atoms with Crippen LogP contribution in [-0.2, 0) is 12.8 Å². The molecular formula is C19H25N3O2. The summed E-state index contributed by atoms with van der Waals surface area (Å²) in [6, 6.07) is 0. The van der Waals surface area contributed by atoms with Gasteiger partial charge in [-0.3, -0.25) is 4.79 Å². The Morgan fingerprint density at radius 2 is 1.83 bits per heavy atom. The first kappa shape index (κ1) is 15.5. The number of pyridine rings is 1. The predicted molar refractivity (Wildman–Crippen MR) is 94.3 cm³/mol. The molecule has 1 saturated heterocycles. The molecule has 5 nitrogen and oxygen atoms in total. The van der Waals surface area contributed by atoms with Crippen molar-refractivity contribution in [2.24, 2.45) is 0 Å². The quantitative estimate of drug-likeness (QED) is 0.914. The molecule has 1 aliphatic heterocycles. The van der Waals surface area contributed by atoms with Crippen LogP contribution in [0.5, 0.6) is 0 Å². The fraction of sp³-hybridized carbons (Fsp3) is 0.579. The van der Waals surface area contributed by atoms with Crippen LogP contribution in [-0.4, -0.2) is 28.9 Å². The summed E-state index contributed by atoms with van der Waals surface area (Å²) in [7, 11) is 0. The zero-order valence-electron chi connectivity index (χ0n) is 14.5. The number of likely N-dealkylation sites (tertiary alicyclic amines) is 1. The number of furan rings is 1. The van der Waals surface area contributed by atoms with Crippen LogP contribution < -0.4 is 5.73 Å². The van der Waals surface area contributed by atoms with Crippen molar-refractivity contribution in [1.29, 1.82) is 0 Å². The molecule has 24 heavy (non-hydrogen) atoms. The second kappa shape index (κ2) is 5.80. The number of anilines is 1. The molecule has 0 unspecified atom stereocenters. The summed E-state index contributed by atoms with van der Waals surface area (Å²) >= 11 is 0. The molecule has 5 heteroatoms. The Hall–Kier alpha value is -2.04. The van der Waals surface area contributed by atoms with E-state index in [9.17, 15) is 4.79 Å². The first-order valence-electron chi connectivity index (χ1n) is 9.10. The van der Waals surface area contributed by atoms with Crippen LogP contribution in [0, 0.1) is 0 Å². The molecule has 1 fully saturated rings. The Kier molecular flexibility index (Phi) is 3.74. The molecule has 0 atom stereocenters. The normalized spacial score (nSPS) is 17.7. The SMILES string of the molecule is CC(C)c1nc2oc(C(=O)N3CCCCC3)c(N)c2c2c1CCC2. The van der Waals surface area contributed by atoms with Gasteiger partial charge in [0.1, 0.15) is 0 Å². The summed E-state index contributed by atoms with van der Waals surface area (Å²) in [6.45, 7) is 5.88. The summed E-state index contributed by atoms with van der Waals surface area (Å²) < 4.78 is 5.90. The monoisotopic (exact) mass is 327 g/mol. The third-order valence-electron chi connectivity index (χ3n) is 5.36. The number of aryl methyl sites for hydroxylation is 1. The number of nitrogen functional groups attached to an aromatic ring is 1. The van der Waals surface area contributed by atoms with Crippen molar-refractivity contribution in [3.8, 4) is 0 Å². The maximum absolute atomic E-state index is 12.8. The van der Waals surface area contributed by atoms with Crippen molar-refractivity contribution >= 4 is 22.7 Å². The number of nitrogens with two attached hydrogens (primary N) is 1. The molecule has 0 aromatic carbocycles. The van der Waals surface area contributed by atoms with Crippen LogP contribution in [0.25, 0.3) is 11.1 Å². The van der Waals surface area contributed by atoms with Crippen LogP contribution in [0.15, 0.2) is 4.42 Å². The van der Waals surface area contributed by atoms with Gasteiger partial charge in [-0.25, -0.2) is 4.98 Å². The van der Waals surface area contributed by atoms with Crippen molar-refractivity contribution < 1.29 is 9.21 Å². The molecule has 2 aromatic heterocycles. The minimum Gasteiger partial charge on any atom is -0.430 e. The maximum Gasteiger partial charge on any atom is 0.291 e. The summed E-state index contributed by atoms with van der Waals surface area (Å²) in [4.78, 5) is 19.4. The van der Waals surface area contributed by atoms with Crippen LogP contribution in [0.3, 0.4) is 0 Å². The number of carbonyl (C=O) groups is 1. The molecule has 0 spiro atoms. The van der Waals surface area contributed by atoms with Crippen LogP contribution in [0.4, 0.5) is 5.69 Å². The maximum atomic E-state index is 12.8. The van der Waals surface area contributed by atoms with Gasteiger partial charge in [-0.05, 0) is 55.6 Å². The van der Waals surface area contributed by atoms with Crippen molar-refractivity contribution in [3.63, 3.8) is 0 Å². The Morgan fingerprint density at radius 3 is 2.54 bits per heavy atom. The summed E-state index contributed by atoms with van der Waals surface area (Å²) in [5, 5.41) is 0.882. The van der Waals surface area contributed by atoms with E-state index in [0.717, 1.165) is 56.3 Å². The lowest BCUT2D eigenvalue weighted by Crippen LogP contribution is -2.35. The van der Waals surface area contributed by atoms with E-state index >= 15 is 0 Å². The molecule has 3 heterocycles. The number of carbonyl (C=O) groups excluding carboxylic acids is 1. The number of hydrogen-bond donors (Lipinski definition) is 1. The van der Waals surface area contributed by atoms with Crippen LogP contribution in [0.1, 0.15) is 72.8 Å². The Labute approximate surface area is 142 Å². The highest BCUT2D eigenvalue weighted by Crippen LogP contribution is 2.39. The number of hydrogen-bond acceptors (Lipinski definition) is 4. The fourth-order valence-electron chi connectivity index (χ4n) is 4.16. The lowest BCUT2D eigenvalue weighted by molar-refractivity contribution is 0.0695. The van der Waals surface area contributed by atoms with E-state index in [-0.39, 0.29) is 11.7 Å². The van der Waals surface area contributed by atoms with Crippen molar-refractivity contribution in [1.82, 2.24) is 9.88 Å². The molecule has 128 valence electrons. The average Bonchev–Trinajstić information content (AvgIpc) is 3.18. The van der Waals surface area contributed by atoms with Crippen molar-refractivity contribution in [2.75, 3.05) is 18.8 Å². The Bertz CT molecular complexity index is 801. The number of aromatic nitrogens is 1. The van der Waals surface area contributed by atoms with Gasteiger partial charge >= 0.3 is 0 Å². The van der Waals surface area contributed by atoms with Crippen LogP contribution in [0.2, 0.25) is 0 Å². The molecule has 1 aliphatic carbocycles. The van der Waals surface area contributed by atoms with Crippen molar-refractivity contribution in [3.05, 3.63) is 22.6 Å². The van der Waals surface area contributed by atoms with Gasteiger partial charge < -0.3 is 15.1 Å². The molecule has 2 aromatic rings. The van der Waals surface area contributed by atoms with E-state index in [0.29, 0.717) is 17.3 Å². The van der Waals surface area contributed by atoms with Crippen LogP contribution >= 0.6 is 0 Å². The standard InChI is InChI=1S/C19H25N3O2/c1-11(2)16-13-8-6-7-12(13)14-15(20)17(24-18(14)21-16)19(23)22-9-4-3-5-10-22/h11H,3-10,20H2,1-2H3. The number of fused-ring (bicyclic) bond motifs is 3. The smallest absolute Gasteiger partial charge is 0.291 e. The molecule has 1 amide bonds. The lowest BCUT2D eigenvalue weighted by Gasteiger charge is -2.25. The first-order chi connectivity index (χ1) is 11.6. The fourth-order valence-corrected chi connectivity index (χ4v) is 4.16. The second-order valence-electron chi connectivity index (χ2n) is 7.34. The summed E-state index contributed by atoms with van der Waals surface area (Å²) in [6.07, 6.45) is 6.46. The minimum absolute atomic E-state index is 0.0805. The summed E-state index contributed by atoms with van der Waals surface area (Å²) in [5.74, 6) is 0.547. The van der Waals surface area contributed by atoms with Gasteiger partial charge in [-0.15, -0.1) is 0 Å². The van der Waals surface area contributed by atoms with Gasteiger partial charge in [0.15, 0.2) is 0 Å². The third-order valence-corrected chi connectivity index (χ3v) is 5.36. The Balaban J connectivity index is 1.84. The molecule has 2 aliphatic rings. The molecular weight excluding hydrogens is 302 g/mol. The van der Waals surface area contributed by atoms with E-state index < -0.39 is 0 Å². The van der Waals surface area contributed by atoms with Gasteiger partial charge in [0, 0.05) is 13.1 Å². The predicted octanol–water partition coefficient (Wildman–Crippen LogP) is 3.65. The third kappa shape index (κ3) is 2.29. The number of nitrogens with zero attached hydrogens (tertiary/aromatic N) is 2. The highest BCUT2D eigenvalue weighted by molar-refractivity contribution is 6.06. The minimum atomic E-state index is -0.0805. The van der Waals surface area contributed by atoms with E-state index in [4.69, 9.17) is 15.1 Å². The number of amides is 1. The Morgan fingerprint density at radius 1 is 1.12 bits per heavy atom. The van der Waals surface area contributed by atoms with E-state index in [1.807, 2.05) is 4.90 Å². The highest BCUT2D eigenvalue weighted by Gasteiger charge is 2.30. The van der Waals surface area contributed by atoms with Gasteiger partial charge in [-0.1, -0.05) is 13.8 Å². The highest BCUT2D eigenvalue weighted by atomic mass is 16.4. The van der Waals surface area contributed by atoms with Gasteiger partial charge in [0.05, 0.1) is 16.8 Å². The molecule has 0 saturated carbocycles. The molecule has 2 N–H and O–H groups in total. The number of rotatable bonds is 2. The van der Waals surface area contributed by atoms with Gasteiger partial charge in [0.25, 0.3) is 5.91 Å². The van der Waals surface area contributed by atoms with Gasteiger partial charge in [0.2, 0.25) is 11.5 Å². The number of piperidine rings is 1. The topological polar surface area (TPSA) is 72.4 Å². The second-order valence-corrected chi connectivity index (χ2v) is 7.34. The average molecular weight is 327 g/mol. The molecule has 4 rings (SSSR count). The largest absolute Gasteiger partial charge is 0.430 e. The first-order valence-corrected chi connectivity index (χ1v) is 9.10. The van der Waals surface area contributed by atoms with Crippen molar-refractivity contribution in [2.45, 2.75) is 58.3 Å². The summed E-state index contributed by atoms with van der Waals surface area (Å²) in [5.41, 5.74) is 11.1. The zero-order chi connectivity index (χ0) is 16.8. The van der Waals surface area contributed by atoms with Gasteiger partial charge in [-0.2, -0.15) is 0 Å². The van der Waals surface area contributed by atoms with E-state index in [2.05, 4.69) is 13.8 Å². The lowest BCUT2D eigenvalue weighted by atomic mass is 9.98.